The molecule has 0 spiro atoms. The van der Waals surface area contributed by atoms with E-state index >= 15 is 0 Å². The quantitative estimate of drug-likeness (QED) is 0.398. The number of hydrogen-bond acceptors (Lipinski definition) is 7. The van der Waals surface area contributed by atoms with E-state index < -0.39 is 35.6 Å². The summed E-state index contributed by atoms with van der Waals surface area (Å²) < 4.78 is 0. The first kappa shape index (κ1) is 23.6. The summed E-state index contributed by atoms with van der Waals surface area (Å²) in [7, 11) is 0. The highest BCUT2D eigenvalue weighted by atomic mass is 16.4. The molecule has 2 aromatic carbocycles. The summed E-state index contributed by atoms with van der Waals surface area (Å²) in [4.78, 5) is 73.7. The van der Waals surface area contributed by atoms with Crippen LogP contribution in [-0.2, 0) is 32.1 Å². The lowest BCUT2D eigenvalue weighted by atomic mass is 10.0. The fraction of sp³-hybridized carbons (Fsp3) is 0.250. The Balaban J connectivity index is 1.40. The van der Waals surface area contributed by atoms with Crippen molar-refractivity contribution >= 4 is 41.2 Å². The molecule has 1 fully saturated rings. The van der Waals surface area contributed by atoms with E-state index in [0.717, 1.165) is 10.5 Å². The van der Waals surface area contributed by atoms with Crippen molar-refractivity contribution in [2.24, 2.45) is 0 Å². The van der Waals surface area contributed by atoms with Crippen molar-refractivity contribution < 1.29 is 33.9 Å². The lowest BCUT2D eigenvalue weighted by Crippen LogP contribution is -2.54. The second kappa shape index (κ2) is 9.75. The maximum Gasteiger partial charge on any atom is 0.307 e. The Morgan fingerprint density at radius 3 is 2.51 bits per heavy atom. The van der Waals surface area contributed by atoms with E-state index in [1.54, 1.807) is 36.4 Å². The second-order valence-corrected chi connectivity index (χ2v) is 8.20. The average Bonchev–Trinajstić information content (AvgIpc) is 3.07. The van der Waals surface area contributed by atoms with Gasteiger partial charge in [0.15, 0.2) is 0 Å². The Morgan fingerprint density at radius 1 is 1.03 bits per heavy atom. The molecule has 5 amide bonds. The number of hydrogen-bond donors (Lipinski definition) is 4. The van der Waals surface area contributed by atoms with Crippen molar-refractivity contribution in [2.75, 3.05) is 11.9 Å². The SMILES string of the molecule is O=C(O)Cc1cccc(CNC(=O)CNc2cccc3c2C(=O)N(C2CCC(=O)NC2=O)C3=O)c1. The zero-order chi connectivity index (χ0) is 25.1. The van der Waals surface area contributed by atoms with Gasteiger partial charge in [0.1, 0.15) is 6.04 Å². The number of imide groups is 2. The third kappa shape index (κ3) is 5.03. The zero-order valence-corrected chi connectivity index (χ0v) is 18.5. The van der Waals surface area contributed by atoms with E-state index in [9.17, 15) is 28.8 Å². The average molecular weight is 478 g/mol. The Labute approximate surface area is 199 Å². The van der Waals surface area contributed by atoms with Crippen LogP contribution in [0.1, 0.15) is 44.7 Å². The van der Waals surface area contributed by atoms with E-state index in [1.165, 1.54) is 6.07 Å². The minimum absolute atomic E-state index is 0.0221. The molecule has 11 nitrogen and oxygen atoms in total. The van der Waals surface area contributed by atoms with Crippen LogP contribution in [0.3, 0.4) is 0 Å². The van der Waals surface area contributed by atoms with Gasteiger partial charge in [-0.1, -0.05) is 30.3 Å². The Kier molecular flexibility index (Phi) is 6.58. The van der Waals surface area contributed by atoms with Gasteiger partial charge in [-0.2, -0.15) is 0 Å². The van der Waals surface area contributed by atoms with Crippen LogP contribution in [0.25, 0.3) is 0 Å². The van der Waals surface area contributed by atoms with Gasteiger partial charge in [0.2, 0.25) is 17.7 Å². The van der Waals surface area contributed by atoms with Crippen LogP contribution in [0, 0.1) is 0 Å². The number of carboxylic acid groups (broad SMARTS) is 1. The lowest BCUT2D eigenvalue weighted by molar-refractivity contribution is -0.137. The lowest BCUT2D eigenvalue weighted by Gasteiger charge is -2.27. The normalized spacial score (nSPS) is 17.1. The Hall–Kier alpha value is -4.54. The number of amides is 5. The first-order valence-electron chi connectivity index (χ1n) is 10.9. The molecule has 1 unspecified atom stereocenters. The molecular formula is C24H22N4O7. The van der Waals surface area contributed by atoms with Crippen molar-refractivity contribution in [3.8, 4) is 0 Å². The number of nitrogens with zero attached hydrogens (tertiary/aromatic N) is 1. The first-order chi connectivity index (χ1) is 16.7. The number of nitrogens with one attached hydrogen (secondary N) is 3. The van der Waals surface area contributed by atoms with E-state index in [-0.39, 0.29) is 55.1 Å². The molecule has 4 N–H and O–H groups in total. The van der Waals surface area contributed by atoms with Gasteiger partial charge in [-0.15, -0.1) is 0 Å². The molecule has 180 valence electrons. The van der Waals surface area contributed by atoms with Crippen LogP contribution >= 0.6 is 0 Å². The predicted octanol–water partition coefficient (Wildman–Crippen LogP) is 0.443. The van der Waals surface area contributed by atoms with Crippen molar-refractivity contribution in [1.29, 1.82) is 0 Å². The topological polar surface area (TPSA) is 162 Å². The fourth-order valence-corrected chi connectivity index (χ4v) is 4.13. The van der Waals surface area contributed by atoms with Gasteiger partial charge in [0.05, 0.1) is 24.1 Å². The molecule has 35 heavy (non-hydrogen) atoms. The van der Waals surface area contributed by atoms with Gasteiger partial charge < -0.3 is 15.7 Å². The van der Waals surface area contributed by atoms with Gasteiger partial charge in [-0.05, 0) is 29.7 Å². The van der Waals surface area contributed by atoms with E-state index in [4.69, 9.17) is 5.11 Å². The number of fused-ring (bicyclic) bond motifs is 1. The van der Waals surface area contributed by atoms with Crippen molar-refractivity contribution in [1.82, 2.24) is 15.5 Å². The van der Waals surface area contributed by atoms with Gasteiger partial charge in [0.25, 0.3) is 11.8 Å². The second-order valence-electron chi connectivity index (χ2n) is 8.20. The minimum atomic E-state index is -1.08. The van der Waals surface area contributed by atoms with E-state index in [2.05, 4.69) is 16.0 Å². The molecule has 0 saturated carbocycles. The van der Waals surface area contributed by atoms with Gasteiger partial charge in [-0.3, -0.25) is 39.0 Å². The molecule has 0 aliphatic carbocycles. The molecule has 11 heteroatoms. The summed E-state index contributed by atoms with van der Waals surface area (Å²) in [5, 5.41) is 16.6. The number of carbonyl (C=O) groups is 6. The van der Waals surface area contributed by atoms with Gasteiger partial charge in [-0.25, -0.2) is 0 Å². The van der Waals surface area contributed by atoms with Gasteiger partial charge >= 0.3 is 5.97 Å². The molecule has 2 heterocycles. The molecule has 0 radical (unpaired) electrons. The maximum absolute atomic E-state index is 13.1. The summed E-state index contributed by atoms with van der Waals surface area (Å²) in [5.74, 6) is -3.78. The summed E-state index contributed by atoms with van der Waals surface area (Å²) >= 11 is 0. The number of anilines is 1. The van der Waals surface area contributed by atoms with Crippen molar-refractivity contribution in [3.63, 3.8) is 0 Å². The van der Waals surface area contributed by atoms with Crippen LogP contribution in [0.5, 0.6) is 0 Å². The fourth-order valence-electron chi connectivity index (χ4n) is 4.13. The standard InChI is InChI=1S/C24H22N4O7/c29-18-8-7-17(22(33)27-18)28-23(34)15-5-2-6-16(21(15)24(28)35)25-12-19(30)26-11-14-4-1-3-13(9-14)10-20(31)32/h1-6,9,17,25H,7-8,10-12H2,(H,26,30)(H,31,32)(H,27,29,33). The summed E-state index contributed by atoms with van der Waals surface area (Å²) in [5.41, 5.74) is 1.80. The highest BCUT2D eigenvalue weighted by Gasteiger charge is 2.45. The summed E-state index contributed by atoms with van der Waals surface area (Å²) in [6, 6.07) is 10.4. The van der Waals surface area contributed by atoms with E-state index in [1.807, 2.05) is 0 Å². The molecule has 2 aromatic rings. The van der Waals surface area contributed by atoms with Crippen LogP contribution < -0.4 is 16.0 Å². The number of piperidine rings is 1. The zero-order valence-electron chi connectivity index (χ0n) is 18.5. The maximum atomic E-state index is 13.1. The van der Waals surface area contributed by atoms with Crippen LogP contribution in [0.2, 0.25) is 0 Å². The monoisotopic (exact) mass is 478 g/mol. The number of rotatable bonds is 8. The molecule has 1 atom stereocenters. The molecule has 2 aliphatic heterocycles. The Bertz CT molecular complexity index is 1260. The number of benzene rings is 2. The molecule has 0 aromatic heterocycles. The molecule has 4 rings (SSSR count). The number of aliphatic carboxylic acids is 1. The third-order valence-corrected chi connectivity index (χ3v) is 5.74. The van der Waals surface area contributed by atoms with Crippen LogP contribution in [-0.4, -0.2) is 58.1 Å². The van der Waals surface area contributed by atoms with Crippen LogP contribution in [0.4, 0.5) is 5.69 Å². The van der Waals surface area contributed by atoms with Crippen molar-refractivity contribution in [3.05, 3.63) is 64.7 Å². The molecule has 0 bridgehead atoms. The Morgan fingerprint density at radius 2 is 1.77 bits per heavy atom. The van der Waals surface area contributed by atoms with E-state index in [0.29, 0.717) is 5.56 Å². The molecular weight excluding hydrogens is 456 g/mol. The smallest absolute Gasteiger partial charge is 0.307 e. The third-order valence-electron chi connectivity index (χ3n) is 5.74. The van der Waals surface area contributed by atoms with Crippen molar-refractivity contribution in [2.45, 2.75) is 31.8 Å². The predicted molar refractivity (Wildman–Crippen MR) is 121 cm³/mol. The molecule has 1 saturated heterocycles. The first-order valence-corrected chi connectivity index (χ1v) is 10.9. The number of carboxylic acids is 1. The highest BCUT2D eigenvalue weighted by molar-refractivity contribution is 6.25. The summed E-state index contributed by atoms with van der Waals surface area (Å²) in [6.45, 7) is -0.00721. The highest BCUT2D eigenvalue weighted by Crippen LogP contribution is 2.32. The largest absolute Gasteiger partial charge is 0.481 e. The van der Waals surface area contributed by atoms with Gasteiger partial charge in [0, 0.05) is 18.7 Å². The number of carbonyl (C=O) groups excluding carboxylic acids is 5. The minimum Gasteiger partial charge on any atom is -0.481 e. The van der Waals surface area contributed by atoms with Crippen LogP contribution in [0.15, 0.2) is 42.5 Å². The molecule has 2 aliphatic rings. The summed E-state index contributed by atoms with van der Waals surface area (Å²) in [6.07, 6.45) is -0.0473.